The minimum absolute atomic E-state index is 0.0759. The predicted octanol–water partition coefficient (Wildman–Crippen LogP) is 3.11. The molecule has 1 aliphatic carbocycles. The molecule has 0 heterocycles. The zero-order chi connectivity index (χ0) is 19.6. The summed E-state index contributed by atoms with van der Waals surface area (Å²) < 4.78 is 4.98. The minimum atomic E-state index is -0.409. The summed E-state index contributed by atoms with van der Waals surface area (Å²) in [7, 11) is 1.43. The molecule has 0 fully saturated rings. The first-order valence-corrected chi connectivity index (χ1v) is 8.61. The summed E-state index contributed by atoms with van der Waals surface area (Å²) in [5, 5.41) is 22.0. The molecule has 2 unspecified atom stereocenters. The van der Waals surface area contributed by atoms with Crippen LogP contribution in [0.4, 0.5) is 5.69 Å². The number of phenols is 1. The van der Waals surface area contributed by atoms with Crippen molar-refractivity contribution in [2.75, 3.05) is 19.0 Å². The van der Waals surface area contributed by atoms with Gasteiger partial charge >= 0.3 is 0 Å². The number of rotatable bonds is 5. The Bertz CT molecular complexity index is 919. The van der Waals surface area contributed by atoms with E-state index in [1.807, 2.05) is 6.92 Å². The van der Waals surface area contributed by atoms with E-state index in [0.717, 1.165) is 0 Å². The van der Waals surface area contributed by atoms with Gasteiger partial charge in [0.15, 0.2) is 17.3 Å². The van der Waals surface area contributed by atoms with Crippen LogP contribution in [-0.4, -0.2) is 35.6 Å². The molecule has 6 heteroatoms. The van der Waals surface area contributed by atoms with Crippen LogP contribution in [0.25, 0.3) is 6.08 Å². The first kappa shape index (κ1) is 18.7. The second-order valence-electron chi connectivity index (χ2n) is 6.52. The molecule has 0 spiro atoms. The van der Waals surface area contributed by atoms with Gasteiger partial charge in [0.1, 0.15) is 0 Å². The topological polar surface area (TPSA) is 95.9 Å². The van der Waals surface area contributed by atoms with E-state index in [1.54, 1.807) is 36.4 Å². The fourth-order valence-electron chi connectivity index (χ4n) is 3.12. The molecule has 2 aromatic rings. The van der Waals surface area contributed by atoms with E-state index < -0.39 is 5.91 Å². The lowest BCUT2D eigenvalue weighted by atomic mass is 9.81. The molecule has 0 aliphatic heterocycles. The van der Waals surface area contributed by atoms with E-state index in [4.69, 9.17) is 4.74 Å². The number of aliphatic hydroxyl groups excluding tert-OH is 1. The fraction of sp³-hybridized carbons (Fsp3) is 0.238. The fourth-order valence-corrected chi connectivity index (χ4v) is 3.12. The number of carbonyl (C=O) groups is 2. The van der Waals surface area contributed by atoms with Crippen LogP contribution in [0.1, 0.15) is 33.2 Å². The summed E-state index contributed by atoms with van der Waals surface area (Å²) in [6, 6.07) is 9.51. The third kappa shape index (κ3) is 3.57. The minimum Gasteiger partial charge on any atom is -0.504 e. The number of hydrogen-bond acceptors (Lipinski definition) is 5. The molecule has 0 aromatic heterocycles. The van der Waals surface area contributed by atoms with E-state index in [-0.39, 0.29) is 41.3 Å². The lowest BCUT2D eigenvalue weighted by molar-refractivity contribution is 0.0876. The number of benzene rings is 2. The molecule has 3 N–H and O–H groups in total. The van der Waals surface area contributed by atoms with Crippen LogP contribution in [0.5, 0.6) is 11.5 Å². The molecule has 3 rings (SSSR count). The summed E-state index contributed by atoms with van der Waals surface area (Å²) in [6.45, 7) is 1.74. The Balaban J connectivity index is 1.88. The van der Waals surface area contributed by atoms with Crippen LogP contribution in [0.2, 0.25) is 0 Å². The Labute approximate surface area is 157 Å². The van der Waals surface area contributed by atoms with E-state index >= 15 is 0 Å². The van der Waals surface area contributed by atoms with Gasteiger partial charge in [0.05, 0.1) is 7.11 Å². The van der Waals surface area contributed by atoms with Gasteiger partial charge in [0, 0.05) is 34.9 Å². The monoisotopic (exact) mass is 367 g/mol. The van der Waals surface area contributed by atoms with Crippen LogP contribution in [-0.2, 0) is 0 Å². The quantitative estimate of drug-likeness (QED) is 0.755. The number of carbonyl (C=O) groups excluding carboxylic acids is 2. The van der Waals surface area contributed by atoms with Crippen LogP contribution in [0.3, 0.4) is 0 Å². The van der Waals surface area contributed by atoms with Crippen LogP contribution >= 0.6 is 0 Å². The average Bonchev–Trinajstić information content (AvgIpc) is 2.68. The number of nitrogens with one attached hydrogen (secondary N) is 1. The smallest absolute Gasteiger partial charge is 0.255 e. The Hall–Kier alpha value is -3.12. The molecule has 2 atom stereocenters. The van der Waals surface area contributed by atoms with Gasteiger partial charge in [-0.2, -0.15) is 0 Å². The lowest BCUT2D eigenvalue weighted by Crippen LogP contribution is -2.26. The molecule has 27 heavy (non-hydrogen) atoms. The first-order valence-electron chi connectivity index (χ1n) is 8.61. The molecule has 0 radical (unpaired) electrons. The molecular formula is C21H21NO5. The summed E-state index contributed by atoms with van der Waals surface area (Å²) in [5.74, 6) is -0.896. The Morgan fingerprint density at radius 1 is 1.30 bits per heavy atom. The maximum Gasteiger partial charge on any atom is 0.255 e. The number of aliphatic hydroxyl groups is 1. The number of fused-ring (bicyclic) bond motifs is 1. The summed E-state index contributed by atoms with van der Waals surface area (Å²) in [5.41, 5.74) is 1.92. The van der Waals surface area contributed by atoms with Gasteiger partial charge in [0.25, 0.3) is 5.91 Å². The second kappa shape index (κ2) is 7.63. The van der Waals surface area contributed by atoms with E-state index in [0.29, 0.717) is 16.8 Å². The molecule has 6 nitrogen and oxygen atoms in total. The standard InChI is InChI=1S/C21H21NO5/c1-12(11-23)14-7-8-15-16(20(14)25)4-3-5-17(15)22-21(26)13-6-9-19(27-2)18(24)10-13/h3-10,12,14,23-24H,11H2,1-2H3,(H,22,26). The molecule has 140 valence electrons. The number of hydrogen-bond donors (Lipinski definition) is 3. The van der Waals surface area contributed by atoms with Gasteiger partial charge < -0.3 is 20.3 Å². The van der Waals surface area contributed by atoms with Gasteiger partial charge in [-0.05, 0) is 30.2 Å². The Morgan fingerprint density at radius 2 is 2.07 bits per heavy atom. The zero-order valence-electron chi connectivity index (χ0n) is 15.1. The van der Waals surface area contributed by atoms with Crippen molar-refractivity contribution in [2.45, 2.75) is 6.92 Å². The maximum absolute atomic E-state index is 12.7. The SMILES string of the molecule is COc1ccc(C(=O)Nc2cccc3c2C=CC(C(C)CO)C3=O)cc1O. The molecule has 0 saturated heterocycles. The molecule has 1 amide bonds. The molecule has 0 bridgehead atoms. The number of phenolic OH excluding ortho intramolecular Hbond substituents is 1. The zero-order valence-corrected chi connectivity index (χ0v) is 15.1. The van der Waals surface area contributed by atoms with Crippen molar-refractivity contribution in [3.05, 3.63) is 59.2 Å². The van der Waals surface area contributed by atoms with Crippen LogP contribution in [0, 0.1) is 11.8 Å². The number of Topliss-reactive ketones (excluding diaryl/α,β-unsaturated/α-hetero) is 1. The number of methoxy groups -OCH3 is 1. The van der Waals surface area contributed by atoms with Crippen molar-refractivity contribution in [1.82, 2.24) is 0 Å². The normalized spacial score (nSPS) is 16.6. The van der Waals surface area contributed by atoms with Gasteiger partial charge in [-0.25, -0.2) is 0 Å². The van der Waals surface area contributed by atoms with E-state index in [2.05, 4.69) is 5.32 Å². The highest BCUT2D eigenvalue weighted by molar-refractivity contribution is 6.10. The first-order chi connectivity index (χ1) is 13.0. The molecule has 0 saturated carbocycles. The third-order valence-corrected chi connectivity index (χ3v) is 4.73. The van der Waals surface area contributed by atoms with Gasteiger partial charge in [-0.15, -0.1) is 0 Å². The number of aromatic hydroxyl groups is 1. The Kier molecular flexibility index (Phi) is 5.28. The number of ketones is 1. The average molecular weight is 367 g/mol. The molecule has 1 aliphatic rings. The lowest BCUT2D eigenvalue weighted by Gasteiger charge is -2.24. The van der Waals surface area contributed by atoms with Crippen molar-refractivity contribution < 1.29 is 24.5 Å². The van der Waals surface area contributed by atoms with Crippen molar-refractivity contribution in [2.24, 2.45) is 11.8 Å². The number of amides is 1. The highest BCUT2D eigenvalue weighted by atomic mass is 16.5. The van der Waals surface area contributed by atoms with Crippen LogP contribution in [0.15, 0.2) is 42.5 Å². The van der Waals surface area contributed by atoms with Crippen molar-refractivity contribution in [1.29, 1.82) is 0 Å². The Morgan fingerprint density at radius 3 is 2.74 bits per heavy atom. The second-order valence-corrected chi connectivity index (χ2v) is 6.52. The van der Waals surface area contributed by atoms with Crippen molar-refractivity contribution in [3.63, 3.8) is 0 Å². The largest absolute Gasteiger partial charge is 0.504 e. The van der Waals surface area contributed by atoms with Gasteiger partial charge in [0.2, 0.25) is 0 Å². The highest BCUT2D eigenvalue weighted by Gasteiger charge is 2.29. The van der Waals surface area contributed by atoms with Crippen LogP contribution < -0.4 is 10.1 Å². The maximum atomic E-state index is 12.7. The summed E-state index contributed by atoms with van der Waals surface area (Å²) >= 11 is 0. The van der Waals surface area contributed by atoms with Crippen molar-refractivity contribution >= 4 is 23.5 Å². The highest BCUT2D eigenvalue weighted by Crippen LogP contribution is 2.32. The molecular weight excluding hydrogens is 346 g/mol. The number of allylic oxidation sites excluding steroid dienone is 1. The summed E-state index contributed by atoms with van der Waals surface area (Å²) in [4.78, 5) is 25.3. The summed E-state index contributed by atoms with van der Waals surface area (Å²) in [6.07, 6.45) is 3.56. The van der Waals surface area contributed by atoms with Crippen molar-refractivity contribution in [3.8, 4) is 11.5 Å². The third-order valence-electron chi connectivity index (χ3n) is 4.73. The van der Waals surface area contributed by atoms with E-state index in [9.17, 15) is 19.8 Å². The van der Waals surface area contributed by atoms with E-state index in [1.165, 1.54) is 19.2 Å². The van der Waals surface area contributed by atoms with Gasteiger partial charge in [-0.1, -0.05) is 31.2 Å². The molecule has 2 aromatic carbocycles. The number of anilines is 1. The van der Waals surface area contributed by atoms with Gasteiger partial charge in [-0.3, -0.25) is 9.59 Å². The number of ether oxygens (including phenoxy) is 1. The predicted molar refractivity (Wildman–Crippen MR) is 102 cm³/mol.